The Morgan fingerprint density at radius 1 is 1.50 bits per heavy atom. The third-order valence-corrected chi connectivity index (χ3v) is 4.99. The zero-order valence-corrected chi connectivity index (χ0v) is 8.25. The van der Waals surface area contributed by atoms with Crippen LogP contribution in [0.25, 0.3) is 0 Å². The van der Waals surface area contributed by atoms with E-state index in [0.717, 1.165) is 6.42 Å². The molecular formula is C7H11NO2S2. The first-order valence-corrected chi connectivity index (χ1v) is 6.11. The van der Waals surface area contributed by atoms with Crippen LogP contribution in [-0.4, -0.2) is 34.8 Å². The van der Waals surface area contributed by atoms with E-state index in [0.29, 0.717) is 11.2 Å². The summed E-state index contributed by atoms with van der Waals surface area (Å²) >= 11 is 3.97. The van der Waals surface area contributed by atoms with Crippen molar-refractivity contribution in [2.45, 2.75) is 17.0 Å². The van der Waals surface area contributed by atoms with Gasteiger partial charge in [-0.2, -0.15) is 0 Å². The Kier molecular flexibility index (Phi) is 2.70. The minimum atomic E-state index is -0.256. The van der Waals surface area contributed by atoms with Gasteiger partial charge in [-0.15, -0.1) is 23.5 Å². The van der Waals surface area contributed by atoms with Gasteiger partial charge in [-0.3, -0.25) is 0 Å². The summed E-state index contributed by atoms with van der Waals surface area (Å²) in [7, 11) is 0. The van der Waals surface area contributed by atoms with E-state index in [9.17, 15) is 4.79 Å². The molecule has 0 aromatic carbocycles. The van der Waals surface area contributed by atoms with E-state index in [1.807, 2.05) is 23.5 Å². The monoisotopic (exact) mass is 205 g/mol. The molecule has 0 radical (unpaired) electrons. The van der Waals surface area contributed by atoms with Crippen molar-refractivity contribution >= 4 is 29.6 Å². The molecule has 0 aromatic rings. The topological polar surface area (TPSA) is 38.3 Å². The average molecular weight is 205 g/mol. The molecule has 2 heterocycles. The second-order valence-corrected chi connectivity index (χ2v) is 5.77. The van der Waals surface area contributed by atoms with Gasteiger partial charge in [-0.1, -0.05) is 0 Å². The Morgan fingerprint density at radius 2 is 2.25 bits per heavy atom. The van der Waals surface area contributed by atoms with Gasteiger partial charge in [0.15, 0.2) is 0 Å². The standard InChI is InChI=1S/C7H11NO2S2/c9-7-8-5(4-10-7)3-6-11-1-2-12-6/h5-6H,1-4H2,(H,8,9). The van der Waals surface area contributed by atoms with Crippen molar-refractivity contribution in [2.24, 2.45) is 0 Å². The third kappa shape index (κ3) is 2.01. The van der Waals surface area contributed by atoms with Crippen LogP contribution in [0.1, 0.15) is 6.42 Å². The lowest BCUT2D eigenvalue weighted by Crippen LogP contribution is -2.28. The number of carbonyl (C=O) groups is 1. The maximum absolute atomic E-state index is 10.7. The molecule has 0 aromatic heterocycles. The number of amides is 1. The van der Waals surface area contributed by atoms with E-state index in [1.165, 1.54) is 11.5 Å². The summed E-state index contributed by atoms with van der Waals surface area (Å²) in [6, 6.07) is 0.251. The summed E-state index contributed by atoms with van der Waals surface area (Å²) in [6.45, 7) is 0.552. The summed E-state index contributed by atoms with van der Waals surface area (Å²) in [4.78, 5) is 10.7. The number of ether oxygens (including phenoxy) is 1. The maximum atomic E-state index is 10.7. The van der Waals surface area contributed by atoms with E-state index in [-0.39, 0.29) is 12.1 Å². The quantitative estimate of drug-likeness (QED) is 0.737. The van der Waals surface area contributed by atoms with Gasteiger partial charge in [-0.25, -0.2) is 4.79 Å². The van der Waals surface area contributed by atoms with Crippen LogP contribution in [0, 0.1) is 0 Å². The number of nitrogens with one attached hydrogen (secondary N) is 1. The van der Waals surface area contributed by atoms with E-state index in [4.69, 9.17) is 4.74 Å². The Bertz CT molecular complexity index is 182. The molecule has 68 valence electrons. The molecule has 2 rings (SSSR count). The zero-order chi connectivity index (χ0) is 8.39. The van der Waals surface area contributed by atoms with Crippen molar-refractivity contribution < 1.29 is 9.53 Å². The minimum absolute atomic E-state index is 0.251. The van der Waals surface area contributed by atoms with Crippen molar-refractivity contribution in [3.05, 3.63) is 0 Å². The van der Waals surface area contributed by atoms with Crippen molar-refractivity contribution in [3.63, 3.8) is 0 Å². The van der Waals surface area contributed by atoms with Crippen LogP contribution in [0.5, 0.6) is 0 Å². The molecule has 2 aliphatic rings. The van der Waals surface area contributed by atoms with Crippen LogP contribution < -0.4 is 5.32 Å². The molecule has 0 aliphatic carbocycles. The highest BCUT2D eigenvalue weighted by molar-refractivity contribution is 8.20. The molecule has 2 saturated heterocycles. The summed E-state index contributed by atoms with van der Waals surface area (Å²) < 4.78 is 5.47. The molecule has 1 atom stereocenters. The Hall–Kier alpha value is -0.0300. The fourth-order valence-corrected chi connectivity index (χ4v) is 4.32. The van der Waals surface area contributed by atoms with Gasteiger partial charge in [0.2, 0.25) is 0 Å². The minimum Gasteiger partial charge on any atom is -0.447 e. The molecule has 1 unspecified atom stereocenters. The number of alkyl carbamates (subject to hydrolysis) is 1. The first kappa shape index (κ1) is 8.56. The van der Waals surface area contributed by atoms with Gasteiger partial charge in [-0.05, 0) is 6.42 Å². The van der Waals surface area contributed by atoms with Gasteiger partial charge in [0.1, 0.15) is 6.61 Å². The van der Waals surface area contributed by atoms with Crippen LogP contribution in [0.15, 0.2) is 0 Å². The van der Waals surface area contributed by atoms with Crippen LogP contribution in [0.2, 0.25) is 0 Å². The lowest BCUT2D eigenvalue weighted by Gasteiger charge is -2.11. The van der Waals surface area contributed by atoms with Crippen LogP contribution in [0.4, 0.5) is 4.79 Å². The molecule has 2 fully saturated rings. The summed E-state index contributed by atoms with van der Waals surface area (Å²) in [5.41, 5.74) is 0. The molecule has 2 aliphatic heterocycles. The van der Waals surface area contributed by atoms with Crippen molar-refractivity contribution in [2.75, 3.05) is 18.1 Å². The molecule has 3 nitrogen and oxygen atoms in total. The predicted octanol–water partition coefficient (Wildman–Crippen LogP) is 1.29. The second-order valence-electron chi connectivity index (χ2n) is 2.85. The third-order valence-electron chi connectivity index (χ3n) is 1.91. The van der Waals surface area contributed by atoms with Gasteiger partial charge >= 0.3 is 6.09 Å². The highest BCUT2D eigenvalue weighted by atomic mass is 32.2. The molecule has 1 amide bonds. The summed E-state index contributed by atoms with van der Waals surface area (Å²) in [6.07, 6.45) is 0.786. The number of cyclic esters (lactones) is 1. The smallest absolute Gasteiger partial charge is 0.407 e. The van der Waals surface area contributed by atoms with Gasteiger partial charge in [0, 0.05) is 11.5 Å². The predicted molar refractivity (Wildman–Crippen MR) is 51.6 cm³/mol. The van der Waals surface area contributed by atoms with Gasteiger partial charge in [0.05, 0.1) is 10.6 Å². The van der Waals surface area contributed by atoms with E-state index < -0.39 is 0 Å². The van der Waals surface area contributed by atoms with Gasteiger partial charge in [0.25, 0.3) is 0 Å². The lowest BCUT2D eigenvalue weighted by atomic mass is 10.2. The molecular weight excluding hydrogens is 194 g/mol. The maximum Gasteiger partial charge on any atom is 0.407 e. The van der Waals surface area contributed by atoms with E-state index in [1.54, 1.807) is 0 Å². The number of carbonyl (C=O) groups excluding carboxylic acids is 1. The first-order valence-electron chi connectivity index (χ1n) is 4.01. The Labute approximate surface area is 80.0 Å². The Morgan fingerprint density at radius 3 is 2.83 bits per heavy atom. The highest BCUT2D eigenvalue weighted by Gasteiger charge is 2.27. The number of hydrogen-bond acceptors (Lipinski definition) is 4. The molecule has 12 heavy (non-hydrogen) atoms. The fourth-order valence-electron chi connectivity index (χ4n) is 1.33. The van der Waals surface area contributed by atoms with Crippen molar-refractivity contribution in [1.82, 2.24) is 5.32 Å². The summed E-state index contributed by atoms with van der Waals surface area (Å²) in [5.74, 6) is 2.49. The zero-order valence-electron chi connectivity index (χ0n) is 6.62. The first-order chi connectivity index (χ1) is 5.84. The van der Waals surface area contributed by atoms with Crippen molar-refractivity contribution in [1.29, 1.82) is 0 Å². The lowest BCUT2D eigenvalue weighted by molar-refractivity contribution is 0.176. The number of hydrogen-bond donors (Lipinski definition) is 1. The van der Waals surface area contributed by atoms with Gasteiger partial charge < -0.3 is 10.1 Å². The highest BCUT2D eigenvalue weighted by Crippen LogP contribution is 2.35. The largest absolute Gasteiger partial charge is 0.447 e. The molecule has 0 saturated carbocycles. The second kappa shape index (κ2) is 3.79. The normalized spacial score (nSPS) is 30.3. The van der Waals surface area contributed by atoms with Crippen molar-refractivity contribution in [3.8, 4) is 0 Å². The Balaban J connectivity index is 1.75. The van der Waals surface area contributed by atoms with E-state index in [2.05, 4.69) is 5.32 Å². The fraction of sp³-hybridized carbons (Fsp3) is 0.857. The van der Waals surface area contributed by atoms with Crippen LogP contribution in [-0.2, 0) is 4.74 Å². The molecule has 5 heteroatoms. The molecule has 0 bridgehead atoms. The number of rotatable bonds is 2. The molecule has 0 spiro atoms. The number of thioether (sulfide) groups is 2. The summed E-state index contributed by atoms with van der Waals surface area (Å²) in [5, 5.41) is 2.79. The SMILES string of the molecule is O=C1NC(CC2SCCS2)CO1. The average Bonchev–Trinajstić information content (AvgIpc) is 2.63. The van der Waals surface area contributed by atoms with E-state index >= 15 is 0 Å². The van der Waals surface area contributed by atoms with Crippen LogP contribution in [0.3, 0.4) is 0 Å². The van der Waals surface area contributed by atoms with Crippen LogP contribution >= 0.6 is 23.5 Å². The molecule has 1 N–H and O–H groups in total.